The zero-order valence-corrected chi connectivity index (χ0v) is 17.0. The van der Waals surface area contributed by atoms with Crippen LogP contribution in [0, 0.1) is 39.0 Å². The Bertz CT molecular complexity index is 684. The van der Waals surface area contributed by atoms with Crippen molar-refractivity contribution in [1.29, 1.82) is 0 Å². The number of rotatable bonds is 2. The summed E-state index contributed by atoms with van der Waals surface area (Å²) in [4.78, 5) is 10.5. The minimum Gasteiger partial charge on any atom is -1.00 e. The fraction of sp³-hybridized carbons (Fsp3) is 0.312. The van der Waals surface area contributed by atoms with Crippen molar-refractivity contribution in [2.24, 2.45) is 0 Å². The van der Waals surface area contributed by atoms with Crippen LogP contribution in [-0.2, 0) is 5.60 Å². The van der Waals surface area contributed by atoms with Crippen molar-refractivity contribution >= 4 is 28.8 Å². The number of hydrogen-bond acceptors (Lipinski definition) is 6. The van der Waals surface area contributed by atoms with Crippen LogP contribution in [0.5, 0.6) is 0 Å². The van der Waals surface area contributed by atoms with Gasteiger partial charge in [-0.1, -0.05) is 16.2 Å². The van der Waals surface area contributed by atoms with Crippen molar-refractivity contribution in [3.8, 4) is 18.8 Å². The van der Waals surface area contributed by atoms with Gasteiger partial charge in [-0.3, -0.25) is 4.79 Å². The van der Waals surface area contributed by atoms with Gasteiger partial charge in [0.25, 0.3) is 0 Å². The third-order valence-corrected chi connectivity index (χ3v) is 2.40. The Balaban J connectivity index is -0.000000313. The van der Waals surface area contributed by atoms with Gasteiger partial charge in [-0.05, 0) is 20.8 Å². The molecule has 2 aromatic heterocycles. The Labute approximate surface area is 168 Å². The van der Waals surface area contributed by atoms with Crippen LogP contribution in [0.15, 0.2) is 21.2 Å². The Morgan fingerprint density at radius 2 is 1.71 bits per heavy atom. The molecule has 0 aliphatic rings. The van der Waals surface area contributed by atoms with Gasteiger partial charge < -0.3 is 44.0 Å². The van der Waals surface area contributed by atoms with Gasteiger partial charge in [-0.25, -0.2) is 0 Å². The number of nitrogens with zero attached hydrogens (tertiary/aromatic N) is 2. The zero-order valence-electron chi connectivity index (χ0n) is 14.0. The summed E-state index contributed by atoms with van der Waals surface area (Å²) in [6, 6.07) is 3.22. The first-order chi connectivity index (χ1) is 10.3. The van der Waals surface area contributed by atoms with Crippen molar-refractivity contribution in [2.45, 2.75) is 33.3 Å². The molecular formula is C16H17BrMgN2O4. The first-order valence-electron chi connectivity index (χ1n) is 6.13. The van der Waals surface area contributed by atoms with E-state index in [4.69, 9.17) is 17.4 Å². The molecule has 0 saturated heterocycles. The Kier molecular flexibility index (Phi) is 14.5. The zero-order chi connectivity index (χ0) is 17.3. The predicted molar refractivity (Wildman–Crippen MR) is 84.8 cm³/mol. The first-order valence-corrected chi connectivity index (χ1v) is 6.13. The summed E-state index contributed by atoms with van der Waals surface area (Å²) < 4.78 is 9.40. The third kappa shape index (κ3) is 8.89. The van der Waals surface area contributed by atoms with Gasteiger partial charge in [0.2, 0.25) is 0 Å². The van der Waals surface area contributed by atoms with E-state index in [9.17, 15) is 9.90 Å². The molecule has 0 fully saturated rings. The quantitative estimate of drug-likeness (QED) is 0.293. The van der Waals surface area contributed by atoms with Gasteiger partial charge >= 0.3 is 23.1 Å². The number of carbonyl (C=O) groups is 1. The molecule has 0 spiro atoms. The standard InChI is InChI=1S/C8H9NO2.C6H7NO2.C2H.BrH.Mg/c1-4-8(3,10)7-5-6(2)11-9-7;1-4-3-6(5(2)8)7-9-4;1-2;;/h1,5,10H,2-3H3;3H,1-2H3;1H;1H;/q;;-1;;+2/p-1. The van der Waals surface area contributed by atoms with E-state index in [-0.39, 0.29) is 45.8 Å². The normalized spacial score (nSPS) is 10.8. The average molecular weight is 406 g/mol. The number of hydrogen-bond donors (Lipinski definition) is 1. The number of aliphatic hydroxyl groups is 1. The Morgan fingerprint density at radius 3 is 1.96 bits per heavy atom. The summed E-state index contributed by atoms with van der Waals surface area (Å²) in [7, 11) is 0. The van der Waals surface area contributed by atoms with Crippen LogP contribution in [0.1, 0.15) is 41.6 Å². The maximum absolute atomic E-state index is 10.5. The molecule has 0 saturated carbocycles. The number of Topliss-reactive ketones (excluding diaryl/α,β-unsaturated/α-hetero) is 1. The van der Waals surface area contributed by atoms with Crippen molar-refractivity contribution < 1.29 is 35.9 Å². The van der Waals surface area contributed by atoms with Crippen LogP contribution in [-0.4, -0.2) is 44.3 Å². The van der Waals surface area contributed by atoms with Crippen molar-refractivity contribution in [1.82, 2.24) is 10.3 Å². The minimum absolute atomic E-state index is 0. The van der Waals surface area contributed by atoms with Crippen LogP contribution < -0.4 is 17.0 Å². The van der Waals surface area contributed by atoms with E-state index >= 15 is 0 Å². The predicted octanol–water partition coefficient (Wildman–Crippen LogP) is -1.16. The van der Waals surface area contributed by atoms with E-state index in [1.165, 1.54) is 13.8 Å². The molecule has 0 radical (unpaired) electrons. The molecule has 1 N–H and O–H groups in total. The van der Waals surface area contributed by atoms with Gasteiger partial charge in [0.05, 0.1) is 0 Å². The Morgan fingerprint density at radius 1 is 1.25 bits per heavy atom. The molecule has 0 bridgehead atoms. The van der Waals surface area contributed by atoms with Gasteiger partial charge in [0.1, 0.15) is 22.9 Å². The number of aryl methyl sites for hydroxylation is 2. The monoisotopic (exact) mass is 404 g/mol. The minimum atomic E-state index is -1.32. The number of ketones is 1. The summed E-state index contributed by atoms with van der Waals surface area (Å²) in [5.41, 5.74) is -0.553. The summed E-state index contributed by atoms with van der Waals surface area (Å²) in [5.74, 6) is 3.44. The van der Waals surface area contributed by atoms with Crippen molar-refractivity contribution in [2.75, 3.05) is 0 Å². The molecule has 8 heteroatoms. The summed E-state index contributed by atoms with van der Waals surface area (Å²) in [5, 5.41) is 16.5. The summed E-state index contributed by atoms with van der Waals surface area (Å²) >= 11 is 0. The fourth-order valence-electron chi connectivity index (χ4n) is 1.20. The molecule has 6 nitrogen and oxygen atoms in total. The van der Waals surface area contributed by atoms with Gasteiger partial charge in [-0.15, -0.1) is 6.42 Å². The SMILES string of the molecule is C#CC(C)(O)c1cc(C)on1.CC(=O)c1cc(C)on1.[Br-].[C-]#C.[Mg+2]. The summed E-state index contributed by atoms with van der Waals surface area (Å²) in [6.45, 7) is 6.43. The molecule has 24 heavy (non-hydrogen) atoms. The number of halogens is 1. The van der Waals surface area contributed by atoms with Crippen LogP contribution in [0.25, 0.3) is 0 Å². The van der Waals surface area contributed by atoms with Gasteiger partial charge in [-0.2, -0.15) is 0 Å². The number of carbonyl (C=O) groups excluding carboxylic acids is 1. The second-order valence-corrected chi connectivity index (χ2v) is 4.42. The molecule has 0 aliphatic carbocycles. The van der Waals surface area contributed by atoms with Gasteiger partial charge in [0, 0.05) is 19.1 Å². The maximum atomic E-state index is 10.5. The topological polar surface area (TPSA) is 89.4 Å². The van der Waals surface area contributed by atoms with Crippen molar-refractivity contribution in [3.63, 3.8) is 0 Å². The second-order valence-electron chi connectivity index (χ2n) is 4.42. The van der Waals surface area contributed by atoms with Crippen LogP contribution >= 0.6 is 0 Å². The van der Waals surface area contributed by atoms with E-state index in [0.29, 0.717) is 22.9 Å². The molecule has 2 aromatic rings. The smallest absolute Gasteiger partial charge is 1.00 e. The molecule has 1 atom stereocenters. The molecule has 0 amide bonds. The maximum Gasteiger partial charge on any atom is 2.00 e. The molecule has 124 valence electrons. The van der Waals surface area contributed by atoms with E-state index in [1.54, 1.807) is 26.0 Å². The first kappa shape index (κ1) is 27.3. The summed E-state index contributed by atoms with van der Waals surface area (Å²) in [6.07, 6.45) is 14.1. The number of terminal acetylenes is 2. The second kappa shape index (κ2) is 12.8. The molecule has 2 heterocycles. The van der Waals surface area contributed by atoms with Gasteiger partial charge in [0.15, 0.2) is 11.4 Å². The van der Waals surface area contributed by atoms with Crippen LogP contribution in [0.3, 0.4) is 0 Å². The van der Waals surface area contributed by atoms with Crippen molar-refractivity contribution in [3.05, 3.63) is 41.5 Å². The average Bonchev–Trinajstić information content (AvgIpc) is 3.11. The third-order valence-electron chi connectivity index (χ3n) is 2.40. The van der Waals surface area contributed by atoms with E-state index < -0.39 is 5.60 Å². The van der Waals surface area contributed by atoms with E-state index in [0.717, 1.165) is 0 Å². The molecular weight excluding hydrogens is 388 g/mol. The fourth-order valence-corrected chi connectivity index (χ4v) is 1.20. The van der Waals surface area contributed by atoms with E-state index in [2.05, 4.69) is 27.2 Å². The largest absolute Gasteiger partial charge is 2.00 e. The molecule has 0 aliphatic heterocycles. The van der Waals surface area contributed by atoms with Crippen LogP contribution in [0.2, 0.25) is 0 Å². The molecule has 2 rings (SSSR count). The molecule has 1 unspecified atom stereocenters. The van der Waals surface area contributed by atoms with Crippen LogP contribution in [0.4, 0.5) is 0 Å². The van der Waals surface area contributed by atoms with E-state index in [1.807, 2.05) is 0 Å². The Hall–Kier alpha value is -1.58. The molecule has 0 aromatic carbocycles. The number of aromatic nitrogens is 2.